The smallest absolute Gasteiger partial charge is 0.0609 e. The number of benzene rings is 2. The van der Waals surface area contributed by atoms with Crippen LogP contribution in [0.15, 0.2) is 40.9 Å². The second-order valence-electron chi connectivity index (χ2n) is 3.45. The molecule has 0 fully saturated rings. The zero-order chi connectivity index (χ0) is 10.4. The average Bonchev–Trinajstić information content (AvgIpc) is 2.59. The Labute approximate surface area is 100 Å². The van der Waals surface area contributed by atoms with Crippen LogP contribution in [0, 0.1) is 0 Å². The van der Waals surface area contributed by atoms with Gasteiger partial charge in [-0.25, -0.2) is 0 Å². The molecule has 0 bridgehead atoms. The van der Waals surface area contributed by atoms with Gasteiger partial charge in [-0.1, -0.05) is 29.8 Å². The minimum Gasteiger partial charge on any atom is -0.354 e. The fourth-order valence-electron chi connectivity index (χ4n) is 1.90. The van der Waals surface area contributed by atoms with Crippen molar-refractivity contribution in [3.8, 4) is 0 Å². The molecule has 1 N–H and O–H groups in total. The maximum Gasteiger partial charge on any atom is 0.0609 e. The lowest BCUT2D eigenvalue weighted by atomic mass is 10.1. The number of aromatic amines is 1. The Balaban J connectivity index is 2.65. The van der Waals surface area contributed by atoms with Gasteiger partial charge in [0.05, 0.1) is 10.5 Å². The van der Waals surface area contributed by atoms with Gasteiger partial charge in [-0.05, 0) is 34.1 Å². The number of H-pyrrole nitrogens is 1. The molecule has 15 heavy (non-hydrogen) atoms. The third-order valence-corrected chi connectivity index (χ3v) is 3.53. The third kappa shape index (κ3) is 1.29. The molecule has 3 aromatic rings. The molecule has 1 aromatic heterocycles. The van der Waals surface area contributed by atoms with E-state index < -0.39 is 0 Å². The highest BCUT2D eigenvalue weighted by molar-refractivity contribution is 9.10. The number of hydrogen-bond acceptors (Lipinski definition) is 0. The van der Waals surface area contributed by atoms with Crippen molar-refractivity contribution in [2.75, 3.05) is 0 Å². The van der Waals surface area contributed by atoms with Crippen molar-refractivity contribution in [3.63, 3.8) is 0 Å². The van der Waals surface area contributed by atoms with Crippen molar-refractivity contribution in [3.05, 3.63) is 45.9 Å². The number of fused-ring (bicyclic) bond motifs is 3. The Hall–Kier alpha value is -0.990. The van der Waals surface area contributed by atoms with Gasteiger partial charge < -0.3 is 4.98 Å². The van der Waals surface area contributed by atoms with E-state index in [4.69, 9.17) is 11.6 Å². The summed E-state index contributed by atoms with van der Waals surface area (Å²) in [5.41, 5.74) is 2.17. The first-order valence-corrected chi connectivity index (χ1v) is 5.79. The Morgan fingerprint density at radius 3 is 2.73 bits per heavy atom. The quantitative estimate of drug-likeness (QED) is 0.612. The highest BCUT2D eigenvalue weighted by Crippen LogP contribution is 2.34. The lowest BCUT2D eigenvalue weighted by Crippen LogP contribution is -1.69. The molecule has 0 unspecified atom stereocenters. The van der Waals surface area contributed by atoms with E-state index in [1.54, 1.807) is 0 Å². The molecular weight excluding hydrogens is 273 g/mol. The van der Waals surface area contributed by atoms with E-state index in [2.05, 4.69) is 27.0 Å². The van der Waals surface area contributed by atoms with Crippen molar-refractivity contribution in [2.45, 2.75) is 0 Å². The normalized spacial score (nSPS) is 11.3. The van der Waals surface area contributed by atoms with Gasteiger partial charge in [-0.2, -0.15) is 0 Å². The predicted molar refractivity (Wildman–Crippen MR) is 68.5 cm³/mol. The van der Waals surface area contributed by atoms with Gasteiger partial charge in [0.1, 0.15) is 0 Å². The van der Waals surface area contributed by atoms with E-state index in [1.165, 1.54) is 0 Å². The summed E-state index contributed by atoms with van der Waals surface area (Å²) in [7, 11) is 0. The van der Waals surface area contributed by atoms with Gasteiger partial charge in [-0.15, -0.1) is 0 Å². The monoisotopic (exact) mass is 279 g/mol. The summed E-state index contributed by atoms with van der Waals surface area (Å²) >= 11 is 9.72. The fraction of sp³-hybridized carbons (Fsp3) is 0. The Morgan fingerprint density at radius 1 is 1.07 bits per heavy atom. The van der Waals surface area contributed by atoms with Crippen molar-refractivity contribution in [1.29, 1.82) is 0 Å². The number of hydrogen-bond donors (Lipinski definition) is 1. The molecule has 0 saturated carbocycles. The molecule has 74 valence electrons. The summed E-state index contributed by atoms with van der Waals surface area (Å²) in [6, 6.07) is 12.0. The minimum atomic E-state index is 0.789. The third-order valence-electron chi connectivity index (χ3n) is 2.56. The molecule has 0 saturated heterocycles. The second-order valence-corrected chi connectivity index (χ2v) is 4.71. The van der Waals surface area contributed by atoms with Crippen molar-refractivity contribution >= 4 is 49.3 Å². The van der Waals surface area contributed by atoms with E-state index in [9.17, 15) is 0 Å². The first-order valence-electron chi connectivity index (χ1n) is 4.62. The highest BCUT2D eigenvalue weighted by Gasteiger charge is 2.08. The number of aromatic nitrogens is 1. The zero-order valence-corrected chi connectivity index (χ0v) is 10.1. The molecular formula is C12H7BrClN. The molecule has 0 spiro atoms. The molecule has 0 radical (unpaired) electrons. The SMILES string of the molecule is Clc1cccc2[nH]c3c(Br)cccc3c12. The maximum absolute atomic E-state index is 6.19. The average molecular weight is 281 g/mol. The topological polar surface area (TPSA) is 15.8 Å². The number of halogens is 2. The van der Waals surface area contributed by atoms with Gasteiger partial charge in [0.15, 0.2) is 0 Å². The van der Waals surface area contributed by atoms with E-state index >= 15 is 0 Å². The van der Waals surface area contributed by atoms with E-state index in [-0.39, 0.29) is 0 Å². The Morgan fingerprint density at radius 2 is 1.87 bits per heavy atom. The fourth-order valence-corrected chi connectivity index (χ4v) is 2.64. The number of para-hydroxylation sites is 1. The van der Waals surface area contributed by atoms with Crippen LogP contribution in [-0.2, 0) is 0 Å². The van der Waals surface area contributed by atoms with Crippen LogP contribution in [0.25, 0.3) is 21.8 Å². The maximum atomic E-state index is 6.19. The summed E-state index contributed by atoms with van der Waals surface area (Å²) in [5, 5.41) is 3.04. The van der Waals surface area contributed by atoms with Crippen LogP contribution in [0.5, 0.6) is 0 Å². The predicted octanol–water partition coefficient (Wildman–Crippen LogP) is 4.74. The molecule has 0 atom stereocenters. The first-order chi connectivity index (χ1) is 7.27. The molecule has 1 heterocycles. The molecule has 0 amide bonds. The number of rotatable bonds is 0. The van der Waals surface area contributed by atoms with Gasteiger partial charge in [0.25, 0.3) is 0 Å². The summed E-state index contributed by atoms with van der Waals surface area (Å²) in [4.78, 5) is 3.36. The second kappa shape index (κ2) is 3.26. The molecule has 0 aliphatic carbocycles. The molecule has 0 aliphatic rings. The van der Waals surface area contributed by atoms with Crippen LogP contribution in [0.4, 0.5) is 0 Å². The summed E-state index contributed by atoms with van der Waals surface area (Å²) in [5.74, 6) is 0. The Bertz CT molecular complexity index is 657. The van der Waals surface area contributed by atoms with Crippen LogP contribution in [0.2, 0.25) is 5.02 Å². The van der Waals surface area contributed by atoms with Crippen LogP contribution in [0.1, 0.15) is 0 Å². The van der Waals surface area contributed by atoms with Crippen LogP contribution in [-0.4, -0.2) is 4.98 Å². The van der Waals surface area contributed by atoms with Gasteiger partial charge >= 0.3 is 0 Å². The molecule has 3 heteroatoms. The largest absolute Gasteiger partial charge is 0.354 e. The lowest BCUT2D eigenvalue weighted by Gasteiger charge is -1.94. The Kier molecular flexibility index (Phi) is 2.01. The van der Waals surface area contributed by atoms with Gasteiger partial charge in [0, 0.05) is 20.8 Å². The lowest BCUT2D eigenvalue weighted by molar-refractivity contribution is 1.53. The van der Waals surface area contributed by atoms with Crippen LogP contribution in [0.3, 0.4) is 0 Å². The number of nitrogens with one attached hydrogen (secondary N) is 1. The molecule has 3 rings (SSSR count). The van der Waals surface area contributed by atoms with E-state index in [1.807, 2.05) is 30.3 Å². The summed E-state index contributed by atoms with van der Waals surface area (Å²) in [6.45, 7) is 0. The molecule has 1 nitrogen and oxygen atoms in total. The standard InChI is InChI=1S/C12H7BrClN/c13-8-4-1-3-7-11-9(14)5-2-6-10(11)15-12(7)8/h1-6,15H. The van der Waals surface area contributed by atoms with Gasteiger partial charge in [0.2, 0.25) is 0 Å². The van der Waals surface area contributed by atoms with Gasteiger partial charge in [-0.3, -0.25) is 0 Å². The highest BCUT2D eigenvalue weighted by atomic mass is 79.9. The zero-order valence-electron chi connectivity index (χ0n) is 7.72. The van der Waals surface area contributed by atoms with Crippen molar-refractivity contribution in [1.82, 2.24) is 4.98 Å². The first kappa shape index (κ1) is 9.25. The van der Waals surface area contributed by atoms with E-state index in [0.29, 0.717) is 0 Å². The van der Waals surface area contributed by atoms with Crippen molar-refractivity contribution < 1.29 is 0 Å². The molecule has 2 aromatic carbocycles. The summed E-state index contributed by atoms with van der Waals surface area (Å²) < 4.78 is 1.06. The molecule has 0 aliphatic heterocycles. The van der Waals surface area contributed by atoms with Crippen molar-refractivity contribution in [2.24, 2.45) is 0 Å². The van der Waals surface area contributed by atoms with E-state index in [0.717, 1.165) is 31.3 Å². The minimum absolute atomic E-state index is 0.789. The summed E-state index contributed by atoms with van der Waals surface area (Å²) in [6.07, 6.45) is 0. The van der Waals surface area contributed by atoms with Crippen LogP contribution >= 0.6 is 27.5 Å². The van der Waals surface area contributed by atoms with Crippen LogP contribution < -0.4 is 0 Å².